The number of nitrogens with one attached hydrogen (secondary N) is 1. The van der Waals surface area contributed by atoms with E-state index < -0.39 is 11.9 Å². The molecule has 1 aliphatic rings. The Bertz CT molecular complexity index is 631. The van der Waals surface area contributed by atoms with Crippen LogP contribution in [0.4, 0.5) is 13.2 Å². The van der Waals surface area contributed by atoms with Crippen molar-refractivity contribution in [3.8, 4) is 0 Å². The summed E-state index contributed by atoms with van der Waals surface area (Å²) in [6, 6.07) is 7.89. The molecular weight excluding hydrogens is 267 g/mol. The molecule has 1 atom stereocenters. The quantitative estimate of drug-likeness (QED) is 0.915. The van der Waals surface area contributed by atoms with Gasteiger partial charge in [-0.2, -0.15) is 18.0 Å². The van der Waals surface area contributed by atoms with Crippen molar-refractivity contribution in [1.29, 1.82) is 0 Å². The second-order valence-electron chi connectivity index (χ2n) is 4.91. The molecule has 3 rings (SSSR count). The monoisotopic (exact) mass is 280 g/mol. The molecule has 0 saturated carbocycles. The van der Waals surface area contributed by atoms with E-state index in [-0.39, 0.29) is 11.6 Å². The molecule has 1 aliphatic carbocycles. The summed E-state index contributed by atoms with van der Waals surface area (Å²) in [6.07, 6.45) is -0.102. The number of aromatic nitrogens is 2. The molecule has 1 radical (unpaired) electrons. The molecule has 0 fully saturated rings. The number of alkyl halides is 3. The molecule has 0 aliphatic heterocycles. The highest BCUT2D eigenvalue weighted by Gasteiger charge is 2.36. The highest BCUT2D eigenvalue weighted by molar-refractivity contribution is 5.35. The van der Waals surface area contributed by atoms with Crippen molar-refractivity contribution in [2.24, 2.45) is 0 Å². The molecule has 1 aromatic carbocycles. The minimum atomic E-state index is -4.44. The van der Waals surface area contributed by atoms with Gasteiger partial charge in [0.05, 0.1) is 6.04 Å². The average Bonchev–Trinajstić information content (AvgIpc) is 2.94. The minimum absolute atomic E-state index is 0.00344. The van der Waals surface area contributed by atoms with Crippen LogP contribution < -0.4 is 5.43 Å². The molecular formula is C14H13F3N3. The van der Waals surface area contributed by atoms with Gasteiger partial charge in [-0.25, -0.2) is 0 Å². The number of fused-ring (bicyclic) bond motifs is 1. The van der Waals surface area contributed by atoms with E-state index in [0.29, 0.717) is 0 Å². The zero-order valence-corrected chi connectivity index (χ0v) is 10.8. The lowest BCUT2D eigenvalue weighted by molar-refractivity contribution is -0.141. The van der Waals surface area contributed by atoms with Crippen molar-refractivity contribution in [2.45, 2.75) is 32.0 Å². The van der Waals surface area contributed by atoms with Crippen LogP contribution in [-0.2, 0) is 12.6 Å². The second-order valence-corrected chi connectivity index (χ2v) is 4.91. The third-order valence-corrected chi connectivity index (χ3v) is 3.51. The summed E-state index contributed by atoms with van der Waals surface area (Å²) in [5.74, 6) is 0. The first-order valence-corrected chi connectivity index (χ1v) is 6.35. The summed E-state index contributed by atoms with van der Waals surface area (Å²) >= 11 is 0. The van der Waals surface area contributed by atoms with E-state index in [1.54, 1.807) is 0 Å². The third kappa shape index (κ3) is 2.26. The van der Waals surface area contributed by atoms with Gasteiger partial charge in [0.2, 0.25) is 0 Å². The van der Waals surface area contributed by atoms with Crippen LogP contribution in [0.25, 0.3) is 0 Å². The molecule has 1 aromatic heterocycles. The molecule has 0 amide bonds. The number of halogens is 3. The summed E-state index contributed by atoms with van der Waals surface area (Å²) in [5.41, 5.74) is 4.42. The summed E-state index contributed by atoms with van der Waals surface area (Å²) in [4.78, 5) is 1.06. The minimum Gasteiger partial charge on any atom is -0.302 e. The fourth-order valence-corrected chi connectivity index (χ4v) is 2.58. The van der Waals surface area contributed by atoms with Gasteiger partial charge in [0.15, 0.2) is 5.69 Å². The van der Waals surface area contributed by atoms with Crippen LogP contribution in [0, 0.1) is 13.1 Å². The first-order valence-electron chi connectivity index (χ1n) is 6.35. The lowest BCUT2D eigenvalue weighted by Crippen LogP contribution is -2.21. The van der Waals surface area contributed by atoms with Crippen molar-refractivity contribution in [2.75, 3.05) is 5.43 Å². The van der Waals surface area contributed by atoms with E-state index in [9.17, 15) is 13.2 Å². The lowest BCUT2D eigenvalue weighted by atomic mass is 10.1. The highest BCUT2D eigenvalue weighted by atomic mass is 19.4. The van der Waals surface area contributed by atoms with Gasteiger partial charge in [-0.1, -0.05) is 24.3 Å². The van der Waals surface area contributed by atoms with Crippen LogP contribution in [0.2, 0.25) is 0 Å². The van der Waals surface area contributed by atoms with E-state index in [4.69, 9.17) is 0 Å². The van der Waals surface area contributed by atoms with E-state index in [1.807, 2.05) is 24.3 Å². The van der Waals surface area contributed by atoms with E-state index >= 15 is 0 Å². The summed E-state index contributed by atoms with van der Waals surface area (Å²) in [6.45, 7) is 1.36. The Balaban J connectivity index is 1.83. The molecule has 0 saturated heterocycles. The zero-order chi connectivity index (χ0) is 14.3. The molecule has 1 unspecified atom stereocenters. The topological polar surface area (TPSA) is 29.9 Å². The van der Waals surface area contributed by atoms with Gasteiger partial charge in [-0.3, -0.25) is 0 Å². The first kappa shape index (κ1) is 13.0. The molecule has 105 valence electrons. The number of nitrogens with zero attached hydrogens (tertiary/aromatic N) is 2. The molecule has 2 aromatic rings. The number of rotatable bonds is 2. The van der Waals surface area contributed by atoms with Crippen LogP contribution in [0.15, 0.2) is 24.3 Å². The molecule has 0 bridgehead atoms. The van der Waals surface area contributed by atoms with Gasteiger partial charge < -0.3 is 5.43 Å². The summed E-state index contributed by atoms with van der Waals surface area (Å²) in [5, 5.41) is 3.54. The van der Waals surface area contributed by atoms with E-state index in [0.717, 1.165) is 23.2 Å². The van der Waals surface area contributed by atoms with Gasteiger partial charge in [0, 0.05) is 5.56 Å². The smallest absolute Gasteiger partial charge is 0.302 e. The Morgan fingerprint density at radius 3 is 2.80 bits per heavy atom. The van der Waals surface area contributed by atoms with Gasteiger partial charge in [-0.15, -0.1) is 5.10 Å². The molecule has 3 nitrogen and oxygen atoms in total. The molecule has 1 N–H and O–H groups in total. The number of hydrogen-bond donors (Lipinski definition) is 1. The van der Waals surface area contributed by atoms with Crippen molar-refractivity contribution in [1.82, 2.24) is 9.89 Å². The van der Waals surface area contributed by atoms with Crippen LogP contribution >= 0.6 is 0 Å². The van der Waals surface area contributed by atoms with Crippen LogP contribution in [0.1, 0.15) is 34.8 Å². The predicted octanol–water partition coefficient (Wildman–Crippen LogP) is 3.24. The van der Waals surface area contributed by atoms with Gasteiger partial charge in [0.25, 0.3) is 0 Å². The Morgan fingerprint density at radius 1 is 1.35 bits per heavy atom. The third-order valence-electron chi connectivity index (χ3n) is 3.51. The van der Waals surface area contributed by atoms with Crippen LogP contribution in [0.3, 0.4) is 0 Å². The van der Waals surface area contributed by atoms with Crippen molar-refractivity contribution >= 4 is 0 Å². The number of aryl methyl sites for hydroxylation is 2. The summed E-state index contributed by atoms with van der Waals surface area (Å²) in [7, 11) is 0. The summed E-state index contributed by atoms with van der Waals surface area (Å²) < 4.78 is 38.1. The van der Waals surface area contributed by atoms with Crippen LogP contribution in [-0.4, -0.2) is 9.89 Å². The van der Waals surface area contributed by atoms with Crippen molar-refractivity contribution < 1.29 is 13.2 Å². The highest BCUT2D eigenvalue weighted by Crippen LogP contribution is 2.33. The predicted molar refractivity (Wildman–Crippen MR) is 67.7 cm³/mol. The first-order chi connectivity index (χ1) is 9.45. The fraction of sp³-hybridized carbons (Fsp3) is 0.357. The lowest BCUT2D eigenvalue weighted by Gasteiger charge is -2.14. The zero-order valence-electron chi connectivity index (χ0n) is 10.8. The second kappa shape index (κ2) is 4.54. The Kier molecular flexibility index (Phi) is 2.96. The maximum absolute atomic E-state index is 12.7. The van der Waals surface area contributed by atoms with Gasteiger partial charge >= 0.3 is 6.18 Å². The fourth-order valence-electron chi connectivity index (χ4n) is 2.58. The van der Waals surface area contributed by atoms with Crippen molar-refractivity contribution in [3.63, 3.8) is 0 Å². The van der Waals surface area contributed by atoms with Gasteiger partial charge in [-0.05, 0) is 30.9 Å². The normalized spacial score (nSPS) is 18.1. The Morgan fingerprint density at radius 2 is 2.10 bits per heavy atom. The maximum Gasteiger partial charge on any atom is 0.435 e. The standard InChI is InChI=1S/C14H13F3N3/c1-9-8-20(19-13(9)14(15,16)17)18-12-7-6-10-4-2-3-5-11(10)12/h2-5,12,18H,6-7H2,1H3. The Hall–Kier alpha value is -1.98. The van der Waals surface area contributed by atoms with E-state index in [2.05, 4.69) is 16.7 Å². The van der Waals surface area contributed by atoms with E-state index in [1.165, 1.54) is 12.5 Å². The van der Waals surface area contributed by atoms with Crippen molar-refractivity contribution in [3.05, 3.63) is 52.8 Å². The molecule has 1 heterocycles. The van der Waals surface area contributed by atoms with Gasteiger partial charge in [0.1, 0.15) is 6.20 Å². The Labute approximate surface area is 114 Å². The largest absolute Gasteiger partial charge is 0.435 e. The van der Waals surface area contributed by atoms with Crippen LogP contribution in [0.5, 0.6) is 0 Å². The maximum atomic E-state index is 12.7. The molecule has 6 heteroatoms. The SMILES string of the molecule is Cc1[c]n(NC2CCc3ccccc32)nc1C(F)(F)F. The number of benzene rings is 1. The average molecular weight is 280 g/mol. The number of hydrogen-bond acceptors (Lipinski definition) is 2. The molecule has 20 heavy (non-hydrogen) atoms. The molecule has 0 spiro atoms.